The van der Waals surface area contributed by atoms with E-state index in [9.17, 15) is 9.59 Å². The van der Waals surface area contributed by atoms with E-state index in [0.29, 0.717) is 6.42 Å². The Morgan fingerprint density at radius 1 is 1.00 bits per heavy atom. The number of allylic oxidation sites excluding steroid dienone is 1. The van der Waals surface area contributed by atoms with Crippen LogP contribution in [0.15, 0.2) is 60.7 Å². The zero-order chi connectivity index (χ0) is 19.1. The van der Waals surface area contributed by atoms with Crippen LogP contribution in [0.25, 0.3) is 5.57 Å². The van der Waals surface area contributed by atoms with Gasteiger partial charge in [-0.1, -0.05) is 42.5 Å². The lowest BCUT2D eigenvalue weighted by Crippen LogP contribution is -2.27. The summed E-state index contributed by atoms with van der Waals surface area (Å²) in [6.45, 7) is 3.73. The van der Waals surface area contributed by atoms with Crippen LogP contribution in [0.4, 0.5) is 5.69 Å². The summed E-state index contributed by atoms with van der Waals surface area (Å²) in [5.41, 5.74) is 3.82. The molecule has 0 spiro atoms. The largest absolute Gasteiger partial charge is 0.343 e. The molecule has 0 unspecified atom stereocenters. The number of likely N-dealkylation sites (tertiary alicyclic amines) is 1. The Labute approximate surface area is 160 Å². The number of hydrogen-bond acceptors (Lipinski definition) is 2. The Hall–Kier alpha value is -2.88. The smallest absolute Gasteiger partial charge is 0.248 e. The van der Waals surface area contributed by atoms with E-state index in [2.05, 4.69) is 5.32 Å². The molecule has 2 aromatic carbocycles. The molecule has 0 radical (unpaired) electrons. The molecule has 1 aliphatic rings. The van der Waals surface area contributed by atoms with Gasteiger partial charge in [-0.25, -0.2) is 0 Å². The highest BCUT2D eigenvalue weighted by atomic mass is 16.2. The fourth-order valence-electron chi connectivity index (χ4n) is 3.29. The summed E-state index contributed by atoms with van der Waals surface area (Å²) < 4.78 is 0. The number of nitrogens with one attached hydrogen (secondary N) is 1. The number of carbonyl (C=O) groups excluding carboxylic acids is 2. The van der Waals surface area contributed by atoms with Gasteiger partial charge >= 0.3 is 0 Å². The van der Waals surface area contributed by atoms with E-state index in [-0.39, 0.29) is 11.8 Å². The highest BCUT2D eigenvalue weighted by molar-refractivity contribution is 6.03. The minimum Gasteiger partial charge on any atom is -0.343 e. The molecule has 1 aliphatic heterocycles. The Morgan fingerprint density at radius 2 is 1.67 bits per heavy atom. The molecule has 1 heterocycles. The predicted molar refractivity (Wildman–Crippen MR) is 109 cm³/mol. The molecule has 4 heteroatoms. The van der Waals surface area contributed by atoms with Gasteiger partial charge in [0.05, 0.1) is 0 Å². The van der Waals surface area contributed by atoms with E-state index in [1.54, 1.807) is 6.08 Å². The quantitative estimate of drug-likeness (QED) is 0.780. The SMILES string of the molecule is C/C(=C\C(=O)Nc1ccc(CCC(=O)N2CCCC2)cc1)c1ccccc1. The van der Waals surface area contributed by atoms with Crippen LogP contribution >= 0.6 is 0 Å². The number of amides is 2. The first kappa shape index (κ1) is 18.9. The predicted octanol–water partition coefficient (Wildman–Crippen LogP) is 4.28. The first-order valence-corrected chi connectivity index (χ1v) is 9.53. The van der Waals surface area contributed by atoms with Crippen LogP contribution in [0.5, 0.6) is 0 Å². The van der Waals surface area contributed by atoms with Crippen molar-refractivity contribution in [2.45, 2.75) is 32.6 Å². The molecule has 2 aromatic rings. The Balaban J connectivity index is 1.51. The van der Waals surface area contributed by atoms with Crippen LogP contribution in [0.1, 0.15) is 37.3 Å². The normalized spacial score (nSPS) is 14.3. The van der Waals surface area contributed by atoms with E-state index >= 15 is 0 Å². The average molecular weight is 362 g/mol. The molecule has 0 aliphatic carbocycles. The van der Waals surface area contributed by atoms with E-state index < -0.39 is 0 Å². The summed E-state index contributed by atoms with van der Waals surface area (Å²) in [4.78, 5) is 26.3. The maximum atomic E-state index is 12.2. The molecule has 0 atom stereocenters. The number of aryl methyl sites for hydroxylation is 1. The van der Waals surface area contributed by atoms with Gasteiger partial charge in [-0.3, -0.25) is 9.59 Å². The topological polar surface area (TPSA) is 49.4 Å². The number of benzene rings is 2. The molecule has 0 saturated carbocycles. The highest BCUT2D eigenvalue weighted by Crippen LogP contribution is 2.16. The maximum absolute atomic E-state index is 12.2. The van der Waals surface area contributed by atoms with Gasteiger partial charge in [-0.15, -0.1) is 0 Å². The zero-order valence-corrected chi connectivity index (χ0v) is 15.8. The summed E-state index contributed by atoms with van der Waals surface area (Å²) in [6, 6.07) is 17.6. The summed E-state index contributed by atoms with van der Waals surface area (Å²) in [7, 11) is 0. The Kier molecular flexibility index (Phi) is 6.42. The second-order valence-corrected chi connectivity index (χ2v) is 6.97. The maximum Gasteiger partial charge on any atom is 0.248 e. The highest BCUT2D eigenvalue weighted by Gasteiger charge is 2.17. The van der Waals surface area contributed by atoms with Gasteiger partial charge in [0.25, 0.3) is 0 Å². The van der Waals surface area contributed by atoms with E-state index in [4.69, 9.17) is 0 Å². The fraction of sp³-hybridized carbons (Fsp3) is 0.304. The second-order valence-electron chi connectivity index (χ2n) is 6.97. The van der Waals surface area contributed by atoms with E-state index in [1.807, 2.05) is 66.4 Å². The number of rotatable bonds is 6. The van der Waals surface area contributed by atoms with Crippen molar-refractivity contribution in [2.75, 3.05) is 18.4 Å². The van der Waals surface area contributed by atoms with Crippen LogP contribution in [-0.2, 0) is 16.0 Å². The number of nitrogens with zero attached hydrogens (tertiary/aromatic N) is 1. The summed E-state index contributed by atoms with van der Waals surface area (Å²) >= 11 is 0. The molecule has 140 valence electrons. The van der Waals surface area contributed by atoms with Crippen LogP contribution < -0.4 is 5.32 Å². The van der Waals surface area contributed by atoms with Crippen LogP contribution in [0.3, 0.4) is 0 Å². The molecule has 0 bridgehead atoms. The van der Waals surface area contributed by atoms with Crippen LogP contribution in [-0.4, -0.2) is 29.8 Å². The van der Waals surface area contributed by atoms with Crippen molar-refractivity contribution in [2.24, 2.45) is 0 Å². The van der Waals surface area contributed by atoms with E-state index in [1.165, 1.54) is 0 Å². The van der Waals surface area contributed by atoms with Gasteiger partial charge in [0.2, 0.25) is 11.8 Å². The standard InChI is InChI=1S/C23H26N2O2/c1-18(20-7-3-2-4-8-20)17-22(26)24-21-12-9-19(10-13-21)11-14-23(27)25-15-5-6-16-25/h2-4,7-10,12-13,17H,5-6,11,14-16H2,1H3,(H,24,26)/b18-17+. The van der Waals surface area contributed by atoms with Gasteiger partial charge in [0.15, 0.2) is 0 Å². The van der Waals surface area contributed by atoms with Crippen LogP contribution in [0.2, 0.25) is 0 Å². The molecule has 4 nitrogen and oxygen atoms in total. The molecular weight excluding hydrogens is 336 g/mol. The monoisotopic (exact) mass is 362 g/mol. The third-order valence-electron chi connectivity index (χ3n) is 4.88. The van der Waals surface area contributed by atoms with Crippen molar-refractivity contribution in [3.63, 3.8) is 0 Å². The summed E-state index contributed by atoms with van der Waals surface area (Å²) in [5.74, 6) is 0.0970. The molecule has 0 aromatic heterocycles. The minimum absolute atomic E-state index is 0.145. The third kappa shape index (κ3) is 5.55. The Bertz CT molecular complexity index is 804. The first-order chi connectivity index (χ1) is 13.1. The molecular formula is C23H26N2O2. The fourth-order valence-corrected chi connectivity index (χ4v) is 3.29. The lowest BCUT2D eigenvalue weighted by Gasteiger charge is -2.15. The molecule has 2 amide bonds. The Morgan fingerprint density at radius 3 is 2.33 bits per heavy atom. The molecule has 3 rings (SSSR count). The molecule has 1 saturated heterocycles. The lowest BCUT2D eigenvalue weighted by atomic mass is 10.1. The lowest BCUT2D eigenvalue weighted by molar-refractivity contribution is -0.130. The molecule has 1 fully saturated rings. The average Bonchev–Trinajstić information content (AvgIpc) is 3.23. The van der Waals surface area contributed by atoms with Gasteiger partial charge in [-0.2, -0.15) is 0 Å². The van der Waals surface area contributed by atoms with Crippen molar-refractivity contribution in [1.29, 1.82) is 0 Å². The first-order valence-electron chi connectivity index (χ1n) is 9.53. The summed E-state index contributed by atoms with van der Waals surface area (Å²) in [5, 5.41) is 2.89. The van der Waals surface area contributed by atoms with Gasteiger partial charge < -0.3 is 10.2 Å². The molecule has 27 heavy (non-hydrogen) atoms. The van der Waals surface area contributed by atoms with Crippen molar-refractivity contribution < 1.29 is 9.59 Å². The van der Waals surface area contributed by atoms with Crippen molar-refractivity contribution >= 4 is 23.1 Å². The number of anilines is 1. The second kappa shape index (κ2) is 9.17. The van der Waals surface area contributed by atoms with Gasteiger partial charge in [0, 0.05) is 31.3 Å². The van der Waals surface area contributed by atoms with Crippen molar-refractivity contribution in [1.82, 2.24) is 4.90 Å². The van der Waals surface area contributed by atoms with Crippen molar-refractivity contribution in [3.05, 3.63) is 71.8 Å². The number of hydrogen-bond donors (Lipinski definition) is 1. The zero-order valence-electron chi connectivity index (χ0n) is 15.8. The van der Waals surface area contributed by atoms with E-state index in [0.717, 1.165) is 54.7 Å². The number of carbonyl (C=O) groups is 2. The summed E-state index contributed by atoms with van der Waals surface area (Å²) in [6.07, 6.45) is 5.13. The van der Waals surface area contributed by atoms with Gasteiger partial charge in [0.1, 0.15) is 0 Å². The molecule has 1 N–H and O–H groups in total. The third-order valence-corrected chi connectivity index (χ3v) is 4.88. The van der Waals surface area contributed by atoms with Gasteiger partial charge in [-0.05, 0) is 55.0 Å². The minimum atomic E-state index is -0.145. The van der Waals surface area contributed by atoms with Crippen LogP contribution in [0, 0.1) is 0 Å². The van der Waals surface area contributed by atoms with Crippen molar-refractivity contribution in [3.8, 4) is 0 Å².